The molecule has 2 heterocycles. The van der Waals surface area contributed by atoms with Crippen molar-refractivity contribution in [3.05, 3.63) is 29.2 Å². The fraction of sp³-hybridized carbons (Fsp3) is 0.500. The molecule has 1 saturated heterocycles. The lowest BCUT2D eigenvalue weighted by atomic mass is 10.00. The number of hydrogen-bond donors (Lipinski definition) is 1. The van der Waals surface area contributed by atoms with Gasteiger partial charge in [-0.3, -0.25) is 0 Å². The van der Waals surface area contributed by atoms with E-state index in [-0.39, 0.29) is 0 Å². The fourth-order valence-electron chi connectivity index (χ4n) is 2.63. The van der Waals surface area contributed by atoms with E-state index in [4.69, 9.17) is 4.42 Å². The van der Waals surface area contributed by atoms with E-state index in [9.17, 15) is 0 Å². The minimum atomic E-state index is 0.441. The van der Waals surface area contributed by atoms with Crippen molar-refractivity contribution in [3.63, 3.8) is 0 Å². The number of piperidine rings is 1. The topological polar surface area (TPSA) is 38.1 Å². The van der Waals surface area contributed by atoms with Crippen LogP contribution in [0.1, 0.15) is 35.8 Å². The molecule has 1 N–H and O–H groups in total. The van der Waals surface area contributed by atoms with Crippen LogP contribution in [0.2, 0.25) is 0 Å². The number of aromatic nitrogens is 1. The Bertz CT molecular complexity index is 538. The van der Waals surface area contributed by atoms with Crippen LogP contribution in [0.4, 0.5) is 0 Å². The minimum Gasteiger partial charge on any atom is -0.440 e. The van der Waals surface area contributed by atoms with Crippen LogP contribution in [0.15, 0.2) is 16.5 Å². The van der Waals surface area contributed by atoms with Crippen LogP contribution >= 0.6 is 0 Å². The molecular formula is C14H18N2O. The summed E-state index contributed by atoms with van der Waals surface area (Å²) in [5.41, 5.74) is 4.39. The van der Waals surface area contributed by atoms with Gasteiger partial charge in [-0.15, -0.1) is 0 Å². The van der Waals surface area contributed by atoms with Crippen molar-refractivity contribution >= 4 is 11.1 Å². The van der Waals surface area contributed by atoms with Crippen molar-refractivity contribution in [2.24, 2.45) is 0 Å². The van der Waals surface area contributed by atoms with Gasteiger partial charge in [0.25, 0.3) is 0 Å². The average molecular weight is 230 g/mol. The van der Waals surface area contributed by atoms with Gasteiger partial charge in [0.05, 0.1) is 0 Å². The van der Waals surface area contributed by atoms with Crippen molar-refractivity contribution in [1.29, 1.82) is 0 Å². The molecule has 3 rings (SSSR count). The van der Waals surface area contributed by atoms with Crippen LogP contribution in [0.5, 0.6) is 0 Å². The second kappa shape index (κ2) is 4.15. The highest BCUT2D eigenvalue weighted by molar-refractivity contribution is 5.77. The SMILES string of the molecule is Cc1cc(C)c2oc(C3CCCNC3)nc2c1. The summed E-state index contributed by atoms with van der Waals surface area (Å²) >= 11 is 0. The van der Waals surface area contributed by atoms with Crippen molar-refractivity contribution in [1.82, 2.24) is 10.3 Å². The fourth-order valence-corrected chi connectivity index (χ4v) is 2.63. The van der Waals surface area contributed by atoms with E-state index in [0.717, 1.165) is 30.1 Å². The molecule has 0 spiro atoms. The molecule has 3 nitrogen and oxygen atoms in total. The molecule has 2 aromatic rings. The third-order valence-electron chi connectivity index (χ3n) is 3.48. The Labute approximate surface area is 101 Å². The maximum absolute atomic E-state index is 5.94. The summed E-state index contributed by atoms with van der Waals surface area (Å²) in [6.45, 7) is 6.30. The van der Waals surface area contributed by atoms with Gasteiger partial charge in [0.1, 0.15) is 5.52 Å². The van der Waals surface area contributed by atoms with Crippen molar-refractivity contribution in [2.45, 2.75) is 32.6 Å². The zero-order valence-electron chi connectivity index (χ0n) is 10.4. The van der Waals surface area contributed by atoms with E-state index in [1.54, 1.807) is 0 Å². The summed E-state index contributed by atoms with van der Waals surface area (Å²) in [5, 5.41) is 3.40. The van der Waals surface area contributed by atoms with Crippen LogP contribution in [0.25, 0.3) is 11.1 Å². The van der Waals surface area contributed by atoms with Gasteiger partial charge in [0, 0.05) is 12.5 Å². The number of nitrogens with one attached hydrogen (secondary N) is 1. The van der Waals surface area contributed by atoms with Crippen molar-refractivity contribution in [3.8, 4) is 0 Å². The van der Waals surface area contributed by atoms with Crippen molar-refractivity contribution in [2.75, 3.05) is 13.1 Å². The van der Waals surface area contributed by atoms with Crippen LogP contribution in [-0.4, -0.2) is 18.1 Å². The van der Waals surface area contributed by atoms with Crippen molar-refractivity contribution < 1.29 is 4.42 Å². The smallest absolute Gasteiger partial charge is 0.199 e. The minimum absolute atomic E-state index is 0.441. The normalized spacial score (nSPS) is 20.9. The largest absolute Gasteiger partial charge is 0.440 e. The number of nitrogens with zero attached hydrogens (tertiary/aromatic N) is 1. The van der Waals surface area contributed by atoms with Gasteiger partial charge >= 0.3 is 0 Å². The van der Waals surface area contributed by atoms with E-state index in [1.807, 2.05) is 0 Å². The zero-order chi connectivity index (χ0) is 11.8. The van der Waals surface area contributed by atoms with Crippen LogP contribution < -0.4 is 5.32 Å². The molecule has 1 aromatic heterocycles. The summed E-state index contributed by atoms with van der Waals surface area (Å²) in [6.07, 6.45) is 2.39. The highest BCUT2D eigenvalue weighted by Gasteiger charge is 2.21. The molecule has 1 aliphatic rings. The van der Waals surface area contributed by atoms with Crippen LogP contribution in [-0.2, 0) is 0 Å². The van der Waals surface area contributed by atoms with E-state index >= 15 is 0 Å². The van der Waals surface area contributed by atoms with Gasteiger partial charge in [0.15, 0.2) is 11.5 Å². The Morgan fingerprint density at radius 3 is 3.00 bits per heavy atom. The summed E-state index contributed by atoms with van der Waals surface area (Å²) in [7, 11) is 0. The maximum atomic E-state index is 5.94. The molecule has 0 radical (unpaired) electrons. The summed E-state index contributed by atoms with van der Waals surface area (Å²) in [4.78, 5) is 4.65. The molecule has 3 heteroatoms. The molecule has 0 saturated carbocycles. The lowest BCUT2D eigenvalue weighted by Gasteiger charge is -2.19. The number of oxazole rings is 1. The second-order valence-corrected chi connectivity index (χ2v) is 5.03. The Morgan fingerprint density at radius 1 is 1.35 bits per heavy atom. The Morgan fingerprint density at radius 2 is 2.24 bits per heavy atom. The highest BCUT2D eigenvalue weighted by atomic mass is 16.3. The molecular weight excluding hydrogens is 212 g/mol. The summed E-state index contributed by atoms with van der Waals surface area (Å²) < 4.78 is 5.94. The second-order valence-electron chi connectivity index (χ2n) is 5.03. The lowest BCUT2D eigenvalue weighted by molar-refractivity contribution is 0.387. The molecule has 1 unspecified atom stereocenters. The van der Waals surface area contributed by atoms with Gasteiger partial charge < -0.3 is 9.73 Å². The quantitative estimate of drug-likeness (QED) is 0.818. The van der Waals surface area contributed by atoms with Gasteiger partial charge in [-0.2, -0.15) is 0 Å². The first-order valence-corrected chi connectivity index (χ1v) is 6.32. The standard InChI is InChI=1S/C14H18N2O/c1-9-6-10(2)13-12(7-9)16-14(17-13)11-4-3-5-15-8-11/h6-7,11,15H,3-5,8H2,1-2H3. The van der Waals surface area contributed by atoms with E-state index in [0.29, 0.717) is 5.92 Å². The molecule has 1 aliphatic heterocycles. The number of aryl methyl sites for hydroxylation is 2. The zero-order valence-corrected chi connectivity index (χ0v) is 10.4. The lowest BCUT2D eigenvalue weighted by Crippen LogP contribution is -2.28. The van der Waals surface area contributed by atoms with E-state index in [2.05, 4.69) is 36.3 Å². The Balaban J connectivity index is 2.03. The molecule has 17 heavy (non-hydrogen) atoms. The molecule has 0 aliphatic carbocycles. The number of rotatable bonds is 1. The average Bonchev–Trinajstić information content (AvgIpc) is 2.74. The predicted molar refractivity (Wildman–Crippen MR) is 68.3 cm³/mol. The number of benzene rings is 1. The molecule has 0 bridgehead atoms. The van der Waals surface area contributed by atoms with E-state index in [1.165, 1.54) is 24.0 Å². The number of fused-ring (bicyclic) bond motifs is 1. The summed E-state index contributed by atoms with van der Waals surface area (Å²) in [5.74, 6) is 1.34. The molecule has 1 fully saturated rings. The van der Waals surface area contributed by atoms with Gasteiger partial charge in [0.2, 0.25) is 0 Å². The Hall–Kier alpha value is -1.35. The van der Waals surface area contributed by atoms with Gasteiger partial charge in [-0.25, -0.2) is 4.98 Å². The molecule has 90 valence electrons. The van der Waals surface area contributed by atoms with Crippen LogP contribution in [0.3, 0.4) is 0 Å². The molecule has 1 atom stereocenters. The first-order chi connectivity index (χ1) is 8.24. The Kier molecular flexibility index (Phi) is 2.63. The van der Waals surface area contributed by atoms with Crippen LogP contribution in [0, 0.1) is 13.8 Å². The predicted octanol–water partition coefficient (Wildman–Crippen LogP) is 2.91. The summed E-state index contributed by atoms with van der Waals surface area (Å²) in [6, 6.07) is 4.25. The third-order valence-corrected chi connectivity index (χ3v) is 3.48. The molecule has 1 aromatic carbocycles. The third kappa shape index (κ3) is 1.95. The van der Waals surface area contributed by atoms with Gasteiger partial charge in [-0.05, 0) is 50.4 Å². The monoisotopic (exact) mass is 230 g/mol. The highest BCUT2D eigenvalue weighted by Crippen LogP contribution is 2.28. The maximum Gasteiger partial charge on any atom is 0.199 e. The number of hydrogen-bond acceptors (Lipinski definition) is 3. The first kappa shape index (κ1) is 10.8. The first-order valence-electron chi connectivity index (χ1n) is 6.32. The molecule has 0 amide bonds. The van der Waals surface area contributed by atoms with E-state index < -0.39 is 0 Å². The van der Waals surface area contributed by atoms with Gasteiger partial charge in [-0.1, -0.05) is 6.07 Å².